The fourth-order valence-electron chi connectivity index (χ4n) is 2.56. The van der Waals surface area contributed by atoms with Crippen LogP contribution >= 0.6 is 0 Å². The van der Waals surface area contributed by atoms with E-state index < -0.39 is 0 Å². The Labute approximate surface area is 114 Å². The number of hydrogen-bond donors (Lipinski definition) is 2. The first kappa shape index (κ1) is 13.7. The van der Waals surface area contributed by atoms with E-state index in [0.29, 0.717) is 11.7 Å². The van der Waals surface area contributed by atoms with E-state index in [2.05, 4.69) is 19.0 Å². The van der Waals surface area contributed by atoms with Gasteiger partial charge in [-0.2, -0.15) is 0 Å². The molecule has 0 radical (unpaired) electrons. The third-order valence-electron chi connectivity index (χ3n) is 4.11. The fraction of sp³-hybridized carbons (Fsp3) is 0.533. The topological polar surface area (TPSA) is 67.8 Å². The molecule has 1 aromatic rings. The average molecular weight is 262 g/mol. The number of amidine groups is 1. The number of rotatable bonds is 3. The van der Waals surface area contributed by atoms with Crippen molar-refractivity contribution in [3.05, 3.63) is 29.8 Å². The maximum atomic E-state index is 8.60. The molecule has 4 heteroatoms. The molecule has 1 saturated carbocycles. The summed E-state index contributed by atoms with van der Waals surface area (Å²) in [4.78, 5) is 0. The summed E-state index contributed by atoms with van der Waals surface area (Å²) in [6, 6.07) is 7.35. The highest BCUT2D eigenvalue weighted by Gasteiger charge is 2.25. The second-order valence-electron chi connectivity index (χ2n) is 5.52. The standard InChI is InChI=1S/C15H22N2O2/c1-10-3-6-14(9-11(10)2)19-13-7-4-12(5-8-13)15(16)17-18/h4-5,7-8,10-11,14,18H,3,6,9H2,1-2H3,(H2,16,17). The van der Waals surface area contributed by atoms with Crippen LogP contribution in [0.15, 0.2) is 29.4 Å². The zero-order chi connectivity index (χ0) is 13.8. The quantitative estimate of drug-likeness (QED) is 0.381. The lowest BCUT2D eigenvalue weighted by Crippen LogP contribution is -2.28. The molecule has 1 fully saturated rings. The van der Waals surface area contributed by atoms with Crippen LogP contribution in [0.25, 0.3) is 0 Å². The first-order valence-corrected chi connectivity index (χ1v) is 6.84. The highest BCUT2D eigenvalue weighted by molar-refractivity contribution is 5.97. The molecule has 0 aliphatic heterocycles. The molecular weight excluding hydrogens is 240 g/mol. The monoisotopic (exact) mass is 262 g/mol. The van der Waals surface area contributed by atoms with E-state index in [1.807, 2.05) is 12.1 Å². The summed E-state index contributed by atoms with van der Waals surface area (Å²) in [5.41, 5.74) is 6.22. The third kappa shape index (κ3) is 3.40. The van der Waals surface area contributed by atoms with Gasteiger partial charge in [0.2, 0.25) is 0 Å². The van der Waals surface area contributed by atoms with Gasteiger partial charge in [-0.05, 0) is 55.4 Å². The van der Waals surface area contributed by atoms with Crippen LogP contribution in [-0.2, 0) is 0 Å². The Morgan fingerprint density at radius 3 is 2.47 bits per heavy atom. The summed E-state index contributed by atoms with van der Waals surface area (Å²) in [6.45, 7) is 4.61. The molecule has 3 N–H and O–H groups in total. The maximum Gasteiger partial charge on any atom is 0.170 e. The normalized spacial score (nSPS) is 28.1. The maximum absolute atomic E-state index is 8.60. The minimum Gasteiger partial charge on any atom is -0.490 e. The van der Waals surface area contributed by atoms with Gasteiger partial charge in [-0.15, -0.1) is 0 Å². The molecule has 3 unspecified atom stereocenters. The van der Waals surface area contributed by atoms with Gasteiger partial charge in [-0.3, -0.25) is 0 Å². The van der Waals surface area contributed by atoms with E-state index in [-0.39, 0.29) is 5.84 Å². The SMILES string of the molecule is CC1CCC(Oc2ccc(C(N)=NO)cc2)CC1C. The van der Waals surface area contributed by atoms with Gasteiger partial charge in [0.25, 0.3) is 0 Å². The van der Waals surface area contributed by atoms with Gasteiger partial charge < -0.3 is 15.7 Å². The van der Waals surface area contributed by atoms with Crippen molar-refractivity contribution in [1.82, 2.24) is 0 Å². The molecule has 19 heavy (non-hydrogen) atoms. The van der Waals surface area contributed by atoms with Gasteiger partial charge >= 0.3 is 0 Å². The van der Waals surface area contributed by atoms with Crippen molar-refractivity contribution in [1.29, 1.82) is 0 Å². The highest BCUT2D eigenvalue weighted by Crippen LogP contribution is 2.31. The average Bonchev–Trinajstić information content (AvgIpc) is 2.43. The number of hydrogen-bond acceptors (Lipinski definition) is 3. The van der Waals surface area contributed by atoms with Crippen LogP contribution in [0.1, 0.15) is 38.7 Å². The van der Waals surface area contributed by atoms with Crippen molar-refractivity contribution in [2.75, 3.05) is 0 Å². The molecule has 4 nitrogen and oxygen atoms in total. The molecule has 0 heterocycles. The Morgan fingerprint density at radius 1 is 1.21 bits per heavy atom. The van der Waals surface area contributed by atoms with Crippen molar-refractivity contribution in [2.45, 2.75) is 39.2 Å². The van der Waals surface area contributed by atoms with Crippen LogP contribution in [0.3, 0.4) is 0 Å². The Morgan fingerprint density at radius 2 is 1.89 bits per heavy atom. The largest absolute Gasteiger partial charge is 0.490 e. The van der Waals surface area contributed by atoms with Gasteiger partial charge in [0, 0.05) is 5.56 Å². The van der Waals surface area contributed by atoms with Crippen LogP contribution in [0.4, 0.5) is 0 Å². The molecular formula is C15H22N2O2. The summed E-state index contributed by atoms with van der Waals surface area (Å²) >= 11 is 0. The minimum atomic E-state index is 0.117. The fourth-order valence-corrected chi connectivity index (χ4v) is 2.56. The molecule has 1 aromatic carbocycles. The van der Waals surface area contributed by atoms with Gasteiger partial charge in [0.05, 0.1) is 6.10 Å². The van der Waals surface area contributed by atoms with Crippen molar-refractivity contribution in [2.24, 2.45) is 22.7 Å². The summed E-state index contributed by atoms with van der Waals surface area (Å²) in [5, 5.41) is 11.6. The first-order chi connectivity index (χ1) is 9.10. The number of nitrogens with zero attached hydrogens (tertiary/aromatic N) is 1. The number of ether oxygens (including phenoxy) is 1. The predicted octanol–water partition coefficient (Wildman–Crippen LogP) is 2.98. The molecule has 2 rings (SSSR count). The molecule has 1 aliphatic carbocycles. The summed E-state index contributed by atoms with van der Waals surface area (Å²) in [7, 11) is 0. The van der Waals surface area contributed by atoms with Gasteiger partial charge in [-0.25, -0.2) is 0 Å². The second kappa shape index (κ2) is 5.95. The Balaban J connectivity index is 1.96. The second-order valence-corrected chi connectivity index (χ2v) is 5.52. The van der Waals surface area contributed by atoms with Gasteiger partial charge in [0.1, 0.15) is 5.75 Å². The van der Waals surface area contributed by atoms with Crippen molar-refractivity contribution in [3.8, 4) is 5.75 Å². The zero-order valence-corrected chi connectivity index (χ0v) is 11.5. The van der Waals surface area contributed by atoms with Crippen molar-refractivity contribution in [3.63, 3.8) is 0 Å². The lowest BCUT2D eigenvalue weighted by Gasteiger charge is -2.32. The van der Waals surface area contributed by atoms with E-state index in [9.17, 15) is 0 Å². The summed E-state index contributed by atoms with van der Waals surface area (Å²) in [6.07, 6.45) is 3.77. The van der Waals surface area contributed by atoms with Crippen LogP contribution in [-0.4, -0.2) is 17.1 Å². The van der Waals surface area contributed by atoms with Crippen LogP contribution in [0.2, 0.25) is 0 Å². The smallest absolute Gasteiger partial charge is 0.170 e. The highest BCUT2D eigenvalue weighted by atomic mass is 16.5. The molecule has 3 atom stereocenters. The van der Waals surface area contributed by atoms with Crippen molar-refractivity contribution >= 4 is 5.84 Å². The van der Waals surface area contributed by atoms with Gasteiger partial charge in [-0.1, -0.05) is 19.0 Å². The van der Waals surface area contributed by atoms with E-state index in [0.717, 1.165) is 30.4 Å². The number of oxime groups is 1. The minimum absolute atomic E-state index is 0.117. The van der Waals surface area contributed by atoms with Crippen LogP contribution < -0.4 is 10.5 Å². The summed E-state index contributed by atoms with van der Waals surface area (Å²) < 4.78 is 6.00. The van der Waals surface area contributed by atoms with Crippen LogP contribution in [0.5, 0.6) is 5.75 Å². The van der Waals surface area contributed by atoms with E-state index >= 15 is 0 Å². The molecule has 0 spiro atoms. The number of nitrogens with two attached hydrogens (primary N) is 1. The molecule has 0 amide bonds. The van der Waals surface area contributed by atoms with E-state index in [1.165, 1.54) is 6.42 Å². The molecule has 0 aromatic heterocycles. The molecule has 0 bridgehead atoms. The predicted molar refractivity (Wildman–Crippen MR) is 75.5 cm³/mol. The zero-order valence-electron chi connectivity index (χ0n) is 11.5. The lowest BCUT2D eigenvalue weighted by molar-refractivity contribution is 0.101. The number of benzene rings is 1. The van der Waals surface area contributed by atoms with E-state index in [4.69, 9.17) is 15.7 Å². The Bertz CT molecular complexity index is 442. The first-order valence-electron chi connectivity index (χ1n) is 6.84. The molecule has 104 valence electrons. The summed E-state index contributed by atoms with van der Waals surface area (Å²) in [5.74, 6) is 2.48. The lowest BCUT2D eigenvalue weighted by atomic mass is 9.80. The Hall–Kier alpha value is -1.71. The van der Waals surface area contributed by atoms with E-state index in [1.54, 1.807) is 12.1 Å². The molecule has 0 saturated heterocycles. The molecule has 1 aliphatic rings. The van der Waals surface area contributed by atoms with Crippen LogP contribution in [0, 0.1) is 11.8 Å². The van der Waals surface area contributed by atoms with Gasteiger partial charge in [0.15, 0.2) is 5.84 Å². The third-order valence-corrected chi connectivity index (χ3v) is 4.11. The van der Waals surface area contributed by atoms with Crippen molar-refractivity contribution < 1.29 is 9.94 Å². The Kier molecular flexibility index (Phi) is 4.30.